The first-order valence-electron chi connectivity index (χ1n) is 10.6. The van der Waals surface area contributed by atoms with Crippen molar-refractivity contribution in [1.82, 2.24) is 29.1 Å². The molecule has 2 heterocycles. The number of aromatic nitrogens is 6. The first kappa shape index (κ1) is 26.4. The highest BCUT2D eigenvalue weighted by Gasteiger charge is 2.39. The van der Waals surface area contributed by atoms with Crippen LogP contribution < -0.4 is 5.69 Å². The number of rotatable bonds is 7. The summed E-state index contributed by atoms with van der Waals surface area (Å²) in [6.07, 6.45) is -9.73. The number of benzene rings is 2. The lowest BCUT2D eigenvalue weighted by Crippen LogP contribution is -2.37. The van der Waals surface area contributed by atoms with E-state index >= 15 is 0 Å². The molecule has 0 fully saturated rings. The minimum absolute atomic E-state index is 0.208. The van der Waals surface area contributed by atoms with Crippen molar-refractivity contribution in [2.75, 3.05) is 0 Å². The van der Waals surface area contributed by atoms with Crippen LogP contribution >= 0.6 is 11.6 Å². The fraction of sp³-hybridized carbons (Fsp3) is 0.273. The second-order valence-electron chi connectivity index (χ2n) is 7.92. The maximum absolute atomic E-state index is 14.3. The number of alkyl halides is 4. The first-order valence-corrected chi connectivity index (χ1v) is 11.0. The van der Waals surface area contributed by atoms with Gasteiger partial charge in [-0.15, -0.1) is 10.2 Å². The van der Waals surface area contributed by atoms with Crippen molar-refractivity contribution < 1.29 is 31.4 Å². The molecule has 2 aromatic heterocycles. The van der Waals surface area contributed by atoms with Crippen molar-refractivity contribution in [3.05, 3.63) is 81.3 Å². The molecule has 2 atom stereocenters. The van der Waals surface area contributed by atoms with Crippen molar-refractivity contribution in [3.63, 3.8) is 0 Å². The van der Waals surface area contributed by atoms with Crippen molar-refractivity contribution in [2.24, 2.45) is 0 Å². The van der Waals surface area contributed by atoms with E-state index in [0.717, 1.165) is 25.1 Å². The van der Waals surface area contributed by atoms with Crippen molar-refractivity contribution in [3.8, 4) is 17.1 Å². The third-order valence-electron chi connectivity index (χ3n) is 5.23. The van der Waals surface area contributed by atoms with Gasteiger partial charge in [0.15, 0.2) is 41.4 Å². The third-order valence-corrected chi connectivity index (χ3v) is 5.48. The SMILES string of the molecule is CC(F)c1nc(Cn2nc(-c3ccc(Cl)cc3)n(CC(O)C(F)(F)F)c2=O)nn1-c1c(F)cccc1F. The van der Waals surface area contributed by atoms with Crippen LogP contribution in [0.4, 0.5) is 26.3 Å². The Labute approximate surface area is 209 Å². The highest BCUT2D eigenvalue weighted by molar-refractivity contribution is 6.30. The average molecular weight is 547 g/mol. The van der Waals surface area contributed by atoms with Crippen LogP contribution in [0, 0.1) is 11.6 Å². The maximum Gasteiger partial charge on any atom is 0.416 e. The van der Waals surface area contributed by atoms with Crippen LogP contribution in [0.1, 0.15) is 24.7 Å². The zero-order valence-electron chi connectivity index (χ0n) is 18.8. The number of aliphatic hydroxyl groups is 1. The fourth-order valence-electron chi connectivity index (χ4n) is 3.48. The van der Waals surface area contributed by atoms with E-state index in [9.17, 15) is 36.2 Å². The summed E-state index contributed by atoms with van der Waals surface area (Å²) in [6, 6.07) is 8.62. The molecule has 0 amide bonds. The molecule has 0 aliphatic rings. The normalized spacial score (nSPS) is 13.6. The first-order chi connectivity index (χ1) is 17.4. The van der Waals surface area contributed by atoms with E-state index in [0.29, 0.717) is 19.0 Å². The number of hydrogen-bond acceptors (Lipinski definition) is 5. The van der Waals surface area contributed by atoms with Crippen molar-refractivity contribution in [1.29, 1.82) is 0 Å². The molecular weight excluding hydrogens is 530 g/mol. The highest BCUT2D eigenvalue weighted by atomic mass is 35.5. The lowest BCUT2D eigenvalue weighted by atomic mass is 10.2. The number of halogens is 7. The second-order valence-corrected chi connectivity index (χ2v) is 8.36. The molecule has 2 aromatic carbocycles. The van der Waals surface area contributed by atoms with Crippen molar-refractivity contribution >= 4 is 11.6 Å². The van der Waals surface area contributed by atoms with E-state index in [-0.39, 0.29) is 17.2 Å². The topological polar surface area (TPSA) is 90.8 Å². The maximum atomic E-state index is 14.3. The van der Waals surface area contributed by atoms with Gasteiger partial charge in [0.05, 0.1) is 6.54 Å². The highest BCUT2D eigenvalue weighted by Crippen LogP contribution is 2.25. The molecular formula is C22H17ClF6N6O2. The average Bonchev–Trinajstić information content (AvgIpc) is 3.36. The van der Waals surface area contributed by atoms with Crippen LogP contribution in [-0.2, 0) is 13.1 Å². The second kappa shape index (κ2) is 10.0. The van der Waals surface area contributed by atoms with E-state index in [1.165, 1.54) is 24.3 Å². The van der Waals surface area contributed by atoms with Gasteiger partial charge in [0, 0.05) is 10.6 Å². The minimum Gasteiger partial charge on any atom is -0.382 e. The van der Waals surface area contributed by atoms with E-state index < -0.39 is 60.4 Å². The van der Waals surface area contributed by atoms with Crippen molar-refractivity contribution in [2.45, 2.75) is 38.5 Å². The summed E-state index contributed by atoms with van der Waals surface area (Å²) in [5.74, 6) is -3.11. The van der Waals surface area contributed by atoms with Crippen LogP contribution in [0.2, 0.25) is 5.02 Å². The molecule has 4 rings (SSSR count). The van der Waals surface area contributed by atoms with Crippen LogP contribution in [0.25, 0.3) is 17.1 Å². The molecule has 0 bridgehead atoms. The minimum atomic E-state index is -5.02. The van der Waals surface area contributed by atoms with Gasteiger partial charge in [0.25, 0.3) is 0 Å². The summed E-state index contributed by atoms with van der Waals surface area (Å²) in [7, 11) is 0. The molecule has 0 aliphatic heterocycles. The predicted molar refractivity (Wildman–Crippen MR) is 119 cm³/mol. The van der Waals surface area contributed by atoms with Gasteiger partial charge in [-0.25, -0.2) is 32.3 Å². The van der Waals surface area contributed by atoms with E-state index in [1.807, 2.05) is 0 Å². The Morgan fingerprint density at radius 3 is 2.24 bits per heavy atom. The van der Waals surface area contributed by atoms with Gasteiger partial charge in [-0.1, -0.05) is 17.7 Å². The van der Waals surface area contributed by atoms with Crippen LogP contribution in [0.15, 0.2) is 47.3 Å². The van der Waals surface area contributed by atoms with Gasteiger partial charge < -0.3 is 5.11 Å². The Morgan fingerprint density at radius 2 is 1.68 bits per heavy atom. The zero-order chi connectivity index (χ0) is 27.1. The molecule has 4 aromatic rings. The summed E-state index contributed by atoms with van der Waals surface area (Å²) in [5.41, 5.74) is -1.56. The molecule has 0 saturated carbocycles. The summed E-state index contributed by atoms with van der Waals surface area (Å²) in [6.45, 7) is -0.701. The molecule has 15 heteroatoms. The number of hydrogen-bond donors (Lipinski definition) is 1. The molecule has 1 N–H and O–H groups in total. The van der Waals surface area contributed by atoms with Gasteiger partial charge in [-0.3, -0.25) is 4.57 Å². The van der Waals surface area contributed by atoms with Crippen LogP contribution in [0.5, 0.6) is 0 Å². The molecule has 0 saturated heterocycles. The Hall–Kier alpha value is -3.65. The lowest BCUT2D eigenvalue weighted by Gasteiger charge is -2.15. The predicted octanol–water partition coefficient (Wildman–Crippen LogP) is 4.23. The Bertz CT molecular complexity index is 1460. The van der Waals surface area contributed by atoms with Gasteiger partial charge >= 0.3 is 11.9 Å². The van der Waals surface area contributed by atoms with Gasteiger partial charge in [0.1, 0.15) is 12.2 Å². The Morgan fingerprint density at radius 1 is 1.05 bits per heavy atom. The largest absolute Gasteiger partial charge is 0.416 e. The smallest absolute Gasteiger partial charge is 0.382 e. The summed E-state index contributed by atoms with van der Waals surface area (Å²) in [5, 5.41) is 17.8. The fourth-order valence-corrected chi connectivity index (χ4v) is 3.61. The molecule has 0 radical (unpaired) electrons. The quantitative estimate of drug-likeness (QED) is 0.351. The monoisotopic (exact) mass is 546 g/mol. The summed E-state index contributed by atoms with van der Waals surface area (Å²) >= 11 is 5.86. The summed E-state index contributed by atoms with van der Waals surface area (Å²) in [4.78, 5) is 16.9. The Balaban J connectivity index is 1.79. The molecule has 0 aliphatic carbocycles. The number of nitrogens with zero attached hydrogens (tertiary/aromatic N) is 6. The molecule has 8 nitrogen and oxygen atoms in total. The van der Waals surface area contributed by atoms with E-state index in [1.54, 1.807) is 0 Å². The van der Waals surface area contributed by atoms with Gasteiger partial charge in [-0.2, -0.15) is 13.2 Å². The molecule has 2 unspecified atom stereocenters. The van der Waals surface area contributed by atoms with Crippen LogP contribution in [0.3, 0.4) is 0 Å². The third kappa shape index (κ3) is 5.39. The standard InChI is InChI=1S/C22H17ClF6N6O2/c1-11(24)19-30-17(31-35(19)18-14(25)3-2-4-15(18)26)10-34-21(37)33(9-16(36)22(27,28)29)20(32-34)12-5-7-13(23)8-6-12/h2-8,11,16,36H,9-10H2,1H3. The van der Waals surface area contributed by atoms with Gasteiger partial charge in [0.2, 0.25) is 0 Å². The van der Waals surface area contributed by atoms with Gasteiger partial charge in [-0.05, 0) is 43.3 Å². The molecule has 37 heavy (non-hydrogen) atoms. The molecule has 0 spiro atoms. The zero-order valence-corrected chi connectivity index (χ0v) is 19.6. The van der Waals surface area contributed by atoms with E-state index in [2.05, 4.69) is 15.2 Å². The number of aliphatic hydroxyl groups excluding tert-OH is 1. The Kier molecular flexibility index (Phi) is 7.15. The number of para-hydroxylation sites is 1. The summed E-state index contributed by atoms with van der Waals surface area (Å²) < 4.78 is 83.9. The lowest BCUT2D eigenvalue weighted by molar-refractivity contribution is -0.207. The van der Waals surface area contributed by atoms with E-state index in [4.69, 9.17) is 11.6 Å². The molecule has 196 valence electrons. The van der Waals surface area contributed by atoms with Crippen LogP contribution in [-0.4, -0.2) is 46.5 Å².